The molecule has 0 radical (unpaired) electrons. The molecule has 4 rings (SSSR count). The van der Waals surface area contributed by atoms with E-state index in [1.807, 2.05) is 73.7 Å². The van der Waals surface area contributed by atoms with Gasteiger partial charge in [-0.05, 0) is 85.1 Å². The number of carbonyl (C=O) groups is 1. The Hall–Kier alpha value is -3.31. The molecule has 0 unspecified atom stereocenters. The van der Waals surface area contributed by atoms with Crippen LogP contribution < -0.4 is 4.74 Å². The molecule has 0 saturated carbocycles. The van der Waals surface area contributed by atoms with Gasteiger partial charge in [-0.3, -0.25) is 9.69 Å². The summed E-state index contributed by atoms with van der Waals surface area (Å²) in [5, 5.41) is 0.717. The minimum absolute atomic E-state index is 0.00973. The van der Waals surface area contributed by atoms with E-state index in [1.54, 1.807) is 4.90 Å². The van der Waals surface area contributed by atoms with Gasteiger partial charge in [0.2, 0.25) is 0 Å². The van der Waals surface area contributed by atoms with Gasteiger partial charge in [0.25, 0.3) is 5.91 Å². The van der Waals surface area contributed by atoms with E-state index in [1.165, 1.54) is 22.9 Å². The van der Waals surface area contributed by atoms with Crippen molar-refractivity contribution in [2.24, 2.45) is 4.99 Å². The predicted molar refractivity (Wildman–Crippen MR) is 133 cm³/mol. The van der Waals surface area contributed by atoms with Crippen LogP contribution in [0.5, 0.6) is 5.75 Å². The van der Waals surface area contributed by atoms with Crippen LogP contribution in [0.1, 0.15) is 29.2 Å². The van der Waals surface area contributed by atoms with Gasteiger partial charge in [-0.25, -0.2) is 4.99 Å². The maximum absolute atomic E-state index is 12.9. The molecule has 0 N–H and O–H groups in total. The fourth-order valence-electron chi connectivity index (χ4n) is 3.33. The van der Waals surface area contributed by atoms with Crippen molar-refractivity contribution in [2.45, 2.75) is 27.4 Å². The number of hydrogen-bond acceptors (Lipinski definition) is 4. The summed E-state index contributed by atoms with van der Waals surface area (Å²) in [5.74, 6) is 0.790. The van der Waals surface area contributed by atoms with Crippen LogP contribution in [-0.4, -0.2) is 22.5 Å². The van der Waals surface area contributed by atoms with Crippen LogP contribution in [0.2, 0.25) is 0 Å². The van der Waals surface area contributed by atoms with Gasteiger partial charge in [0.1, 0.15) is 12.4 Å². The lowest BCUT2D eigenvalue weighted by atomic mass is 10.1. The number of hydrogen-bond donors (Lipinski definition) is 0. The summed E-state index contributed by atoms with van der Waals surface area (Å²) < 4.78 is 5.85. The van der Waals surface area contributed by atoms with Crippen molar-refractivity contribution in [3.05, 3.63) is 100.0 Å². The summed E-state index contributed by atoms with van der Waals surface area (Å²) in [4.78, 5) is 20.1. The number of likely N-dealkylation sites (N-methyl/N-ethyl adjacent to an activating group) is 1. The molecule has 4 nitrogen and oxygen atoms in total. The number of aliphatic imine (C=N–C) groups is 1. The number of benzene rings is 3. The van der Waals surface area contributed by atoms with Gasteiger partial charge < -0.3 is 4.74 Å². The minimum atomic E-state index is -0.00973. The largest absolute Gasteiger partial charge is 0.489 e. The van der Waals surface area contributed by atoms with Gasteiger partial charge >= 0.3 is 0 Å². The Morgan fingerprint density at radius 1 is 0.969 bits per heavy atom. The highest BCUT2D eigenvalue weighted by atomic mass is 32.2. The van der Waals surface area contributed by atoms with E-state index in [2.05, 4.69) is 26.0 Å². The molecule has 0 aromatic heterocycles. The molecule has 1 aliphatic heterocycles. The molecular formula is C27H26N2O2S. The van der Waals surface area contributed by atoms with Crippen molar-refractivity contribution < 1.29 is 9.53 Å². The van der Waals surface area contributed by atoms with Crippen LogP contribution >= 0.6 is 11.8 Å². The summed E-state index contributed by atoms with van der Waals surface area (Å²) in [6.45, 7) is 7.23. The van der Waals surface area contributed by atoms with Crippen molar-refractivity contribution in [3.63, 3.8) is 0 Å². The lowest BCUT2D eigenvalue weighted by Crippen LogP contribution is -2.28. The normalized spacial score (nSPS) is 16.2. The highest BCUT2D eigenvalue weighted by Crippen LogP contribution is 2.34. The smallest absolute Gasteiger partial charge is 0.266 e. The number of ether oxygens (including phenoxy) is 1. The maximum atomic E-state index is 12.9. The SMILES string of the molecule is CCN1C(=O)/C(=C\c2ccc(OCc3ccccc3)cc2)SC1=Nc1ccc(C)c(C)c1. The molecule has 1 aliphatic rings. The van der Waals surface area contributed by atoms with Gasteiger partial charge in [-0.2, -0.15) is 0 Å². The highest BCUT2D eigenvalue weighted by Gasteiger charge is 2.32. The average Bonchev–Trinajstić information content (AvgIpc) is 3.10. The first-order valence-electron chi connectivity index (χ1n) is 10.7. The number of thioether (sulfide) groups is 1. The summed E-state index contributed by atoms with van der Waals surface area (Å²) in [6, 6.07) is 24.0. The molecule has 0 spiro atoms. The van der Waals surface area contributed by atoms with Gasteiger partial charge in [0, 0.05) is 6.54 Å². The topological polar surface area (TPSA) is 41.9 Å². The molecular weight excluding hydrogens is 416 g/mol. The Kier molecular flexibility index (Phi) is 6.76. The molecule has 5 heteroatoms. The molecule has 0 atom stereocenters. The van der Waals surface area contributed by atoms with Crippen molar-refractivity contribution in [1.29, 1.82) is 0 Å². The molecule has 3 aromatic carbocycles. The second-order valence-electron chi connectivity index (χ2n) is 7.67. The molecule has 1 fully saturated rings. The van der Waals surface area contributed by atoms with Crippen LogP contribution in [0.15, 0.2) is 82.7 Å². The predicted octanol–water partition coefficient (Wildman–Crippen LogP) is 6.51. The molecule has 1 heterocycles. The highest BCUT2D eigenvalue weighted by molar-refractivity contribution is 8.18. The van der Waals surface area contributed by atoms with E-state index in [4.69, 9.17) is 9.73 Å². The van der Waals surface area contributed by atoms with E-state index in [0.717, 1.165) is 27.7 Å². The van der Waals surface area contributed by atoms with Crippen molar-refractivity contribution in [3.8, 4) is 5.75 Å². The zero-order chi connectivity index (χ0) is 22.5. The third kappa shape index (κ3) is 5.11. The summed E-state index contributed by atoms with van der Waals surface area (Å²) in [7, 11) is 0. The first kappa shape index (κ1) is 21.9. The Morgan fingerprint density at radius 2 is 1.72 bits per heavy atom. The van der Waals surface area contributed by atoms with Crippen molar-refractivity contribution in [2.75, 3.05) is 6.54 Å². The Balaban J connectivity index is 1.49. The Morgan fingerprint density at radius 3 is 2.41 bits per heavy atom. The number of nitrogens with zero attached hydrogens (tertiary/aromatic N) is 2. The van der Waals surface area contributed by atoms with Crippen LogP contribution in [0.3, 0.4) is 0 Å². The second-order valence-corrected chi connectivity index (χ2v) is 8.68. The monoisotopic (exact) mass is 442 g/mol. The van der Waals surface area contributed by atoms with E-state index < -0.39 is 0 Å². The second kappa shape index (κ2) is 9.88. The van der Waals surface area contributed by atoms with Crippen LogP contribution in [0, 0.1) is 13.8 Å². The lowest BCUT2D eigenvalue weighted by molar-refractivity contribution is -0.122. The Labute approximate surface area is 193 Å². The van der Waals surface area contributed by atoms with Crippen LogP contribution in [0.25, 0.3) is 6.08 Å². The number of rotatable bonds is 6. The van der Waals surface area contributed by atoms with Gasteiger partial charge in [-0.15, -0.1) is 0 Å². The molecule has 32 heavy (non-hydrogen) atoms. The maximum Gasteiger partial charge on any atom is 0.266 e. The lowest BCUT2D eigenvalue weighted by Gasteiger charge is -2.12. The minimum Gasteiger partial charge on any atom is -0.489 e. The molecule has 1 saturated heterocycles. The number of carbonyl (C=O) groups excluding carboxylic acids is 1. The van der Waals surface area contributed by atoms with Gasteiger partial charge in [0.05, 0.1) is 10.6 Å². The van der Waals surface area contributed by atoms with E-state index >= 15 is 0 Å². The van der Waals surface area contributed by atoms with E-state index in [9.17, 15) is 4.79 Å². The van der Waals surface area contributed by atoms with E-state index in [0.29, 0.717) is 18.1 Å². The summed E-state index contributed by atoms with van der Waals surface area (Å²) >= 11 is 1.42. The summed E-state index contributed by atoms with van der Waals surface area (Å²) in [6.07, 6.45) is 1.92. The van der Waals surface area contributed by atoms with Crippen molar-refractivity contribution >= 4 is 34.6 Å². The van der Waals surface area contributed by atoms with Crippen LogP contribution in [-0.2, 0) is 11.4 Å². The molecule has 162 valence electrons. The molecule has 0 aliphatic carbocycles. The fourth-order valence-corrected chi connectivity index (χ4v) is 4.39. The standard InChI is InChI=1S/C27H26N2O2S/c1-4-29-26(30)25(32-27(29)28-23-13-10-19(2)20(3)16-23)17-21-11-14-24(15-12-21)31-18-22-8-6-5-7-9-22/h5-17H,4,18H2,1-3H3/b25-17+,28-27?. The number of aryl methyl sites for hydroxylation is 2. The number of amides is 1. The third-order valence-electron chi connectivity index (χ3n) is 5.35. The first-order chi connectivity index (χ1) is 15.5. The zero-order valence-electron chi connectivity index (χ0n) is 18.5. The third-order valence-corrected chi connectivity index (χ3v) is 6.35. The number of amidine groups is 1. The quantitative estimate of drug-likeness (QED) is 0.409. The van der Waals surface area contributed by atoms with Gasteiger partial charge in [0.15, 0.2) is 5.17 Å². The van der Waals surface area contributed by atoms with E-state index in [-0.39, 0.29) is 5.91 Å². The molecule has 1 amide bonds. The molecule has 0 bridgehead atoms. The van der Waals surface area contributed by atoms with Crippen molar-refractivity contribution in [1.82, 2.24) is 4.90 Å². The fraction of sp³-hybridized carbons (Fsp3) is 0.185. The Bertz CT molecular complexity index is 1170. The van der Waals surface area contributed by atoms with Gasteiger partial charge in [-0.1, -0.05) is 48.5 Å². The first-order valence-corrected chi connectivity index (χ1v) is 11.5. The molecule has 3 aromatic rings. The summed E-state index contributed by atoms with van der Waals surface area (Å²) in [5.41, 5.74) is 5.36. The van der Waals surface area contributed by atoms with Crippen LogP contribution in [0.4, 0.5) is 5.69 Å². The zero-order valence-corrected chi connectivity index (χ0v) is 19.4. The average molecular weight is 443 g/mol.